The van der Waals surface area contributed by atoms with Gasteiger partial charge < -0.3 is 14.8 Å². The Hall–Kier alpha value is -2.44. The number of imidazole rings is 1. The number of hydrogen-bond acceptors (Lipinski definition) is 4. The summed E-state index contributed by atoms with van der Waals surface area (Å²) in [7, 11) is 0. The van der Waals surface area contributed by atoms with Crippen molar-refractivity contribution in [1.29, 1.82) is 0 Å². The molecule has 3 aliphatic rings. The smallest absolute Gasteiger partial charge is 0.227 e. The number of H-pyrrole nitrogens is 1. The zero-order chi connectivity index (χ0) is 19.8. The molecule has 3 fully saturated rings. The van der Waals surface area contributed by atoms with Gasteiger partial charge in [0.2, 0.25) is 11.8 Å². The molecule has 1 N–H and O–H groups in total. The average Bonchev–Trinajstić information content (AvgIpc) is 3.52. The van der Waals surface area contributed by atoms with E-state index in [-0.39, 0.29) is 29.6 Å². The van der Waals surface area contributed by atoms with Gasteiger partial charge in [-0.2, -0.15) is 0 Å². The number of hydrogen-bond donors (Lipinski definition) is 1. The molecule has 7 heteroatoms. The fraction of sp³-hybridized carbons (Fsp3) is 0.636. The van der Waals surface area contributed by atoms with Crippen LogP contribution in [0, 0.1) is 11.8 Å². The Balaban J connectivity index is 1.22. The van der Waals surface area contributed by atoms with Crippen molar-refractivity contribution in [2.45, 2.75) is 50.9 Å². The molecule has 5 rings (SSSR count). The van der Waals surface area contributed by atoms with Gasteiger partial charge in [0.25, 0.3) is 0 Å². The molecule has 4 heterocycles. The van der Waals surface area contributed by atoms with Gasteiger partial charge in [0.05, 0.1) is 11.4 Å². The molecule has 2 atom stereocenters. The van der Waals surface area contributed by atoms with Crippen LogP contribution in [0.1, 0.15) is 56.7 Å². The Bertz CT molecular complexity index is 870. The van der Waals surface area contributed by atoms with Crippen LogP contribution in [0.25, 0.3) is 11.2 Å². The van der Waals surface area contributed by atoms with Crippen LogP contribution in [0.3, 0.4) is 0 Å². The third-order valence-electron chi connectivity index (χ3n) is 6.95. The van der Waals surface area contributed by atoms with Gasteiger partial charge in [0.15, 0.2) is 5.65 Å². The largest absolute Gasteiger partial charge is 0.342 e. The minimum absolute atomic E-state index is 0.0507. The highest BCUT2D eigenvalue weighted by atomic mass is 16.2. The Labute approximate surface area is 170 Å². The summed E-state index contributed by atoms with van der Waals surface area (Å²) in [6.45, 7) is 2.88. The number of fused-ring (bicyclic) bond motifs is 1. The zero-order valence-electron chi connectivity index (χ0n) is 16.8. The molecule has 2 unspecified atom stereocenters. The fourth-order valence-electron chi connectivity index (χ4n) is 5.31. The van der Waals surface area contributed by atoms with Crippen LogP contribution >= 0.6 is 0 Å². The first-order chi connectivity index (χ1) is 14.2. The van der Waals surface area contributed by atoms with E-state index in [1.807, 2.05) is 21.9 Å². The Kier molecular flexibility index (Phi) is 4.97. The van der Waals surface area contributed by atoms with Crippen LogP contribution in [-0.4, -0.2) is 62.7 Å². The summed E-state index contributed by atoms with van der Waals surface area (Å²) in [5.41, 5.74) is 1.68. The van der Waals surface area contributed by atoms with E-state index in [0.717, 1.165) is 62.2 Å². The molecule has 2 amide bonds. The Morgan fingerprint density at radius 2 is 1.69 bits per heavy atom. The first-order valence-electron chi connectivity index (χ1n) is 11.1. The second kappa shape index (κ2) is 7.76. The van der Waals surface area contributed by atoms with E-state index in [0.29, 0.717) is 13.1 Å². The summed E-state index contributed by atoms with van der Waals surface area (Å²) in [6, 6.07) is 3.88. The summed E-state index contributed by atoms with van der Waals surface area (Å²) in [4.78, 5) is 42.2. The van der Waals surface area contributed by atoms with E-state index in [2.05, 4.69) is 15.0 Å². The van der Waals surface area contributed by atoms with Gasteiger partial charge in [-0.3, -0.25) is 9.59 Å². The fourth-order valence-corrected chi connectivity index (χ4v) is 5.31. The minimum atomic E-state index is -0.0507. The second-order valence-electron chi connectivity index (χ2n) is 8.87. The highest BCUT2D eigenvalue weighted by Crippen LogP contribution is 2.31. The number of nitrogens with zero attached hydrogens (tertiary/aromatic N) is 4. The number of carbonyl (C=O) groups excluding carboxylic acids is 2. The quantitative estimate of drug-likeness (QED) is 0.866. The maximum Gasteiger partial charge on any atom is 0.227 e. The number of pyridine rings is 1. The molecule has 2 saturated heterocycles. The maximum atomic E-state index is 13.2. The van der Waals surface area contributed by atoms with Crippen LogP contribution in [-0.2, 0) is 9.59 Å². The lowest BCUT2D eigenvalue weighted by atomic mass is 9.95. The van der Waals surface area contributed by atoms with Gasteiger partial charge >= 0.3 is 0 Å². The van der Waals surface area contributed by atoms with E-state index >= 15 is 0 Å². The van der Waals surface area contributed by atoms with Gasteiger partial charge in [-0.1, -0.05) is 12.8 Å². The molecule has 29 heavy (non-hydrogen) atoms. The Morgan fingerprint density at radius 1 is 0.931 bits per heavy atom. The molecule has 0 spiro atoms. The average molecular weight is 396 g/mol. The molecule has 154 valence electrons. The SMILES string of the molecule is O=C(C1CCCC1)N1CCCC(C(=O)N2CCC(c3nc4ncccc4[nH]3)C2)C1. The monoisotopic (exact) mass is 395 g/mol. The molecule has 1 aliphatic carbocycles. The topological polar surface area (TPSA) is 82.2 Å². The number of aromatic amines is 1. The number of nitrogens with one attached hydrogen (secondary N) is 1. The number of rotatable bonds is 3. The lowest BCUT2D eigenvalue weighted by Crippen LogP contribution is -2.47. The molecule has 1 saturated carbocycles. The summed E-state index contributed by atoms with van der Waals surface area (Å²) in [5, 5.41) is 0. The molecule has 7 nitrogen and oxygen atoms in total. The van der Waals surface area contributed by atoms with Gasteiger partial charge in [-0.15, -0.1) is 0 Å². The van der Waals surface area contributed by atoms with Crippen LogP contribution in [0.4, 0.5) is 0 Å². The first-order valence-corrected chi connectivity index (χ1v) is 11.1. The van der Waals surface area contributed by atoms with Gasteiger partial charge in [-0.25, -0.2) is 9.97 Å². The van der Waals surface area contributed by atoms with Crippen molar-refractivity contribution in [2.75, 3.05) is 26.2 Å². The third-order valence-corrected chi connectivity index (χ3v) is 6.95. The molecule has 0 aromatic carbocycles. The summed E-state index contributed by atoms with van der Waals surface area (Å²) in [5.74, 6) is 1.80. The van der Waals surface area contributed by atoms with Crippen molar-refractivity contribution < 1.29 is 9.59 Å². The van der Waals surface area contributed by atoms with E-state index in [1.54, 1.807) is 6.20 Å². The van der Waals surface area contributed by atoms with Gasteiger partial charge in [-0.05, 0) is 44.2 Å². The van der Waals surface area contributed by atoms with Crippen molar-refractivity contribution in [3.05, 3.63) is 24.2 Å². The van der Waals surface area contributed by atoms with E-state index < -0.39 is 0 Å². The molecular formula is C22H29N5O2. The van der Waals surface area contributed by atoms with E-state index in [9.17, 15) is 9.59 Å². The van der Waals surface area contributed by atoms with Crippen molar-refractivity contribution in [2.24, 2.45) is 11.8 Å². The number of piperidine rings is 1. The summed E-state index contributed by atoms with van der Waals surface area (Å²) >= 11 is 0. The Morgan fingerprint density at radius 3 is 2.52 bits per heavy atom. The summed E-state index contributed by atoms with van der Waals surface area (Å²) in [6.07, 6.45) is 8.87. The van der Waals surface area contributed by atoms with Crippen molar-refractivity contribution in [1.82, 2.24) is 24.8 Å². The highest BCUT2D eigenvalue weighted by molar-refractivity contribution is 5.83. The molecule has 0 bridgehead atoms. The van der Waals surface area contributed by atoms with E-state index in [4.69, 9.17) is 0 Å². The molecule has 2 aromatic heterocycles. The zero-order valence-corrected chi connectivity index (χ0v) is 16.8. The van der Waals surface area contributed by atoms with Gasteiger partial charge in [0, 0.05) is 44.2 Å². The van der Waals surface area contributed by atoms with Gasteiger partial charge in [0.1, 0.15) is 5.82 Å². The minimum Gasteiger partial charge on any atom is -0.342 e. The highest BCUT2D eigenvalue weighted by Gasteiger charge is 2.37. The lowest BCUT2D eigenvalue weighted by Gasteiger charge is -2.35. The van der Waals surface area contributed by atoms with Crippen LogP contribution in [0.5, 0.6) is 0 Å². The number of carbonyl (C=O) groups is 2. The number of amides is 2. The second-order valence-corrected chi connectivity index (χ2v) is 8.87. The third kappa shape index (κ3) is 3.63. The molecule has 0 radical (unpaired) electrons. The normalized spacial score (nSPS) is 25.8. The molecular weight excluding hydrogens is 366 g/mol. The standard InChI is InChI=1S/C22H29N5O2/c28-21(15-5-1-2-6-15)26-11-4-7-17(14-26)22(29)27-12-9-16(13-27)19-24-18-8-3-10-23-20(18)25-19/h3,8,10,15-17H,1-2,4-7,9,11-14H2,(H,23,24,25). The van der Waals surface area contributed by atoms with Crippen molar-refractivity contribution in [3.63, 3.8) is 0 Å². The van der Waals surface area contributed by atoms with Crippen LogP contribution in [0.15, 0.2) is 18.3 Å². The number of aromatic nitrogens is 3. The first kappa shape index (κ1) is 18.6. The van der Waals surface area contributed by atoms with E-state index in [1.165, 1.54) is 12.8 Å². The number of likely N-dealkylation sites (tertiary alicyclic amines) is 2. The maximum absolute atomic E-state index is 13.2. The summed E-state index contributed by atoms with van der Waals surface area (Å²) < 4.78 is 0. The predicted octanol–water partition coefficient (Wildman–Crippen LogP) is 2.70. The predicted molar refractivity (Wildman–Crippen MR) is 109 cm³/mol. The lowest BCUT2D eigenvalue weighted by molar-refractivity contribution is -0.142. The van der Waals surface area contributed by atoms with Crippen molar-refractivity contribution in [3.8, 4) is 0 Å². The molecule has 2 aliphatic heterocycles. The molecule has 2 aromatic rings. The van der Waals surface area contributed by atoms with Crippen LogP contribution < -0.4 is 0 Å². The van der Waals surface area contributed by atoms with Crippen molar-refractivity contribution >= 4 is 23.0 Å². The van der Waals surface area contributed by atoms with Crippen LogP contribution in [0.2, 0.25) is 0 Å².